The second-order valence-electron chi connectivity index (χ2n) is 7.79. The van der Waals surface area contributed by atoms with Crippen molar-refractivity contribution in [1.29, 1.82) is 0 Å². The maximum Gasteiger partial charge on any atom is 0.223 e. The highest BCUT2D eigenvalue weighted by molar-refractivity contribution is 5.63. The number of hydrogen-bond donors (Lipinski definition) is 1. The summed E-state index contributed by atoms with van der Waals surface area (Å²) in [5, 5.41) is 3.55. The molecule has 1 N–H and O–H groups in total. The monoisotopic (exact) mass is 388 g/mol. The molecule has 1 atom stereocenters. The van der Waals surface area contributed by atoms with E-state index in [1.165, 1.54) is 17.7 Å². The average Bonchev–Trinajstić information content (AvgIpc) is 2.75. The Bertz CT molecular complexity index is 910. The van der Waals surface area contributed by atoms with E-state index in [0.717, 1.165) is 37.3 Å². The van der Waals surface area contributed by atoms with Gasteiger partial charge in [-0.3, -0.25) is 9.88 Å². The van der Waals surface area contributed by atoms with E-state index in [2.05, 4.69) is 55.4 Å². The quantitative estimate of drug-likeness (QED) is 0.695. The molecule has 0 aliphatic carbocycles. The van der Waals surface area contributed by atoms with Crippen molar-refractivity contribution in [2.45, 2.75) is 25.4 Å². The minimum absolute atomic E-state index is 0.354. The molecule has 29 heavy (non-hydrogen) atoms. The van der Waals surface area contributed by atoms with E-state index in [1.54, 1.807) is 0 Å². The van der Waals surface area contributed by atoms with Gasteiger partial charge in [-0.25, -0.2) is 9.97 Å². The predicted molar refractivity (Wildman–Crippen MR) is 118 cm³/mol. The SMILES string of the molecule is CN(C)c1ccc(-c2ccnc(NC3CCCN(Cc4cccnc4)C3)n2)cc1. The molecule has 3 aromatic rings. The largest absolute Gasteiger partial charge is 0.378 e. The van der Waals surface area contributed by atoms with Gasteiger partial charge in [0.2, 0.25) is 5.95 Å². The van der Waals surface area contributed by atoms with Gasteiger partial charge in [-0.05, 0) is 49.2 Å². The second-order valence-corrected chi connectivity index (χ2v) is 7.79. The van der Waals surface area contributed by atoms with E-state index < -0.39 is 0 Å². The number of likely N-dealkylation sites (tertiary alicyclic amines) is 1. The molecule has 1 aliphatic heterocycles. The third-order valence-electron chi connectivity index (χ3n) is 5.30. The molecule has 2 aromatic heterocycles. The summed E-state index contributed by atoms with van der Waals surface area (Å²) in [6.07, 6.45) is 7.91. The van der Waals surface area contributed by atoms with Crippen molar-refractivity contribution in [2.24, 2.45) is 0 Å². The molecule has 150 valence electrons. The first-order chi connectivity index (χ1) is 14.2. The number of piperidine rings is 1. The fraction of sp³-hybridized carbons (Fsp3) is 0.348. The smallest absolute Gasteiger partial charge is 0.223 e. The number of hydrogen-bond acceptors (Lipinski definition) is 6. The highest BCUT2D eigenvalue weighted by Crippen LogP contribution is 2.22. The first-order valence-electron chi connectivity index (χ1n) is 10.2. The van der Waals surface area contributed by atoms with Crippen LogP contribution in [-0.2, 0) is 6.54 Å². The summed E-state index contributed by atoms with van der Waals surface area (Å²) in [7, 11) is 4.09. The van der Waals surface area contributed by atoms with Crippen LogP contribution in [0.3, 0.4) is 0 Å². The van der Waals surface area contributed by atoms with Gasteiger partial charge in [0.15, 0.2) is 0 Å². The molecule has 1 aliphatic rings. The Hall–Kier alpha value is -2.99. The van der Waals surface area contributed by atoms with E-state index in [-0.39, 0.29) is 0 Å². The van der Waals surface area contributed by atoms with Crippen molar-refractivity contribution in [3.63, 3.8) is 0 Å². The zero-order chi connectivity index (χ0) is 20.1. The van der Waals surface area contributed by atoms with Gasteiger partial charge in [-0.2, -0.15) is 0 Å². The Morgan fingerprint density at radius 1 is 1.10 bits per heavy atom. The van der Waals surface area contributed by atoms with Crippen LogP contribution >= 0.6 is 0 Å². The molecular formula is C23H28N6. The number of nitrogens with zero attached hydrogens (tertiary/aromatic N) is 5. The second kappa shape index (κ2) is 9.01. The molecule has 1 unspecified atom stereocenters. The third kappa shape index (κ3) is 5.09. The summed E-state index contributed by atoms with van der Waals surface area (Å²) in [5.74, 6) is 0.701. The Kier molecular flexibility index (Phi) is 6.00. The molecule has 6 heteroatoms. The molecule has 3 heterocycles. The fourth-order valence-electron chi connectivity index (χ4n) is 3.77. The van der Waals surface area contributed by atoms with Crippen LogP contribution in [0.4, 0.5) is 11.6 Å². The van der Waals surface area contributed by atoms with Crippen LogP contribution in [0.15, 0.2) is 61.1 Å². The molecule has 1 fully saturated rings. The van der Waals surface area contributed by atoms with Crippen LogP contribution < -0.4 is 10.2 Å². The number of nitrogens with one attached hydrogen (secondary N) is 1. The Balaban J connectivity index is 1.41. The standard InChI is InChI=1S/C23H28N6/c1-28(2)21-9-7-19(8-10-21)22-11-13-25-23(27-22)26-20-6-4-14-29(17-20)16-18-5-3-12-24-15-18/h3,5,7-13,15,20H,4,6,14,16-17H2,1-2H3,(H,25,26,27). The highest BCUT2D eigenvalue weighted by Gasteiger charge is 2.20. The van der Waals surface area contributed by atoms with Gasteiger partial charge >= 0.3 is 0 Å². The summed E-state index contributed by atoms with van der Waals surface area (Å²) < 4.78 is 0. The van der Waals surface area contributed by atoms with Crippen LogP contribution in [0.5, 0.6) is 0 Å². The zero-order valence-corrected chi connectivity index (χ0v) is 17.1. The van der Waals surface area contributed by atoms with Gasteiger partial charge in [0.05, 0.1) is 5.69 Å². The van der Waals surface area contributed by atoms with Crippen LogP contribution in [0, 0.1) is 0 Å². The lowest BCUT2D eigenvalue weighted by molar-refractivity contribution is 0.208. The van der Waals surface area contributed by atoms with E-state index in [9.17, 15) is 0 Å². The van der Waals surface area contributed by atoms with Gasteiger partial charge in [0.1, 0.15) is 0 Å². The van der Waals surface area contributed by atoms with E-state index in [0.29, 0.717) is 12.0 Å². The number of anilines is 2. The molecule has 4 rings (SSSR count). The van der Waals surface area contributed by atoms with Gasteiger partial charge in [0, 0.05) is 63.1 Å². The minimum Gasteiger partial charge on any atom is -0.378 e. The summed E-state index contributed by atoms with van der Waals surface area (Å²) in [6, 6.07) is 14.9. The molecule has 6 nitrogen and oxygen atoms in total. The number of pyridine rings is 1. The minimum atomic E-state index is 0.354. The lowest BCUT2D eigenvalue weighted by Gasteiger charge is -2.33. The lowest BCUT2D eigenvalue weighted by Crippen LogP contribution is -2.41. The van der Waals surface area contributed by atoms with Gasteiger partial charge in [-0.1, -0.05) is 18.2 Å². The Morgan fingerprint density at radius 3 is 2.72 bits per heavy atom. The Morgan fingerprint density at radius 2 is 1.97 bits per heavy atom. The maximum absolute atomic E-state index is 4.76. The number of aromatic nitrogens is 3. The zero-order valence-electron chi connectivity index (χ0n) is 17.1. The normalized spacial score (nSPS) is 17.1. The van der Waals surface area contributed by atoms with Crippen molar-refractivity contribution in [3.05, 3.63) is 66.6 Å². The summed E-state index contributed by atoms with van der Waals surface area (Å²) >= 11 is 0. The maximum atomic E-state index is 4.76. The molecule has 0 saturated carbocycles. The van der Waals surface area contributed by atoms with E-state index >= 15 is 0 Å². The van der Waals surface area contributed by atoms with E-state index in [1.807, 2.05) is 44.8 Å². The van der Waals surface area contributed by atoms with Crippen LogP contribution in [0.2, 0.25) is 0 Å². The fourth-order valence-corrected chi connectivity index (χ4v) is 3.77. The van der Waals surface area contributed by atoms with Crippen molar-refractivity contribution in [3.8, 4) is 11.3 Å². The van der Waals surface area contributed by atoms with Gasteiger partial charge in [0.25, 0.3) is 0 Å². The molecule has 1 saturated heterocycles. The lowest BCUT2D eigenvalue weighted by atomic mass is 10.1. The molecular weight excluding hydrogens is 360 g/mol. The Labute approximate surface area is 172 Å². The van der Waals surface area contributed by atoms with Gasteiger partial charge < -0.3 is 10.2 Å². The molecule has 0 spiro atoms. The third-order valence-corrected chi connectivity index (χ3v) is 5.30. The van der Waals surface area contributed by atoms with Crippen LogP contribution in [0.25, 0.3) is 11.3 Å². The number of rotatable bonds is 6. The molecule has 1 aromatic carbocycles. The highest BCUT2D eigenvalue weighted by atomic mass is 15.2. The first-order valence-corrected chi connectivity index (χ1v) is 10.2. The predicted octanol–water partition coefficient (Wildman–Crippen LogP) is 3.68. The van der Waals surface area contributed by atoms with Crippen molar-refractivity contribution in [1.82, 2.24) is 19.9 Å². The molecule has 0 bridgehead atoms. The molecule has 0 amide bonds. The molecule has 0 radical (unpaired) electrons. The first kappa shape index (κ1) is 19.3. The van der Waals surface area contributed by atoms with Crippen molar-refractivity contribution >= 4 is 11.6 Å². The topological polar surface area (TPSA) is 57.2 Å². The van der Waals surface area contributed by atoms with Crippen molar-refractivity contribution < 1.29 is 0 Å². The van der Waals surface area contributed by atoms with E-state index in [4.69, 9.17) is 4.98 Å². The summed E-state index contributed by atoms with van der Waals surface area (Å²) in [5.41, 5.74) is 4.48. The average molecular weight is 389 g/mol. The van der Waals surface area contributed by atoms with Crippen LogP contribution in [0.1, 0.15) is 18.4 Å². The van der Waals surface area contributed by atoms with Gasteiger partial charge in [-0.15, -0.1) is 0 Å². The summed E-state index contributed by atoms with van der Waals surface area (Å²) in [4.78, 5) is 18.0. The van der Waals surface area contributed by atoms with Crippen LogP contribution in [-0.4, -0.2) is 53.1 Å². The summed E-state index contributed by atoms with van der Waals surface area (Å²) in [6.45, 7) is 3.04. The van der Waals surface area contributed by atoms with Crippen molar-refractivity contribution in [2.75, 3.05) is 37.4 Å². The number of benzene rings is 1.